The molecule has 0 N–H and O–H groups in total. The van der Waals surface area contributed by atoms with E-state index in [0.717, 1.165) is 54.8 Å². The molecule has 0 spiro atoms. The smallest absolute Gasteiger partial charge is 0.266 e. The van der Waals surface area contributed by atoms with Gasteiger partial charge in [-0.15, -0.1) is 11.6 Å². The average Bonchev–Trinajstić information content (AvgIpc) is 3.11. The molecule has 9 atom stereocenters. The van der Waals surface area contributed by atoms with E-state index in [4.69, 9.17) is 15.8 Å². The van der Waals surface area contributed by atoms with Gasteiger partial charge in [0, 0.05) is 0 Å². The van der Waals surface area contributed by atoms with Crippen LogP contribution in [0.25, 0.3) is 0 Å². The van der Waals surface area contributed by atoms with Crippen LogP contribution in [-0.4, -0.2) is 19.7 Å². The minimum absolute atomic E-state index is 0.167. The molecule has 0 aromatic rings. The zero-order chi connectivity index (χ0) is 24.0. The van der Waals surface area contributed by atoms with Crippen LogP contribution in [0.2, 0.25) is 0 Å². The molecule has 0 unspecified atom stereocenters. The van der Waals surface area contributed by atoms with Crippen molar-refractivity contribution in [3.63, 3.8) is 0 Å². The molecule has 0 aromatic carbocycles. The van der Waals surface area contributed by atoms with Crippen molar-refractivity contribution in [1.82, 2.24) is 0 Å². The Hall–Kier alpha value is 0.200. The van der Waals surface area contributed by atoms with Crippen molar-refractivity contribution in [3.05, 3.63) is 0 Å². The third-order valence-electron chi connectivity index (χ3n) is 11.2. The first kappa shape index (κ1) is 26.3. The van der Waals surface area contributed by atoms with Crippen molar-refractivity contribution in [2.24, 2.45) is 52.3 Å². The van der Waals surface area contributed by atoms with Crippen LogP contribution in [-0.2, 0) is 14.3 Å². The first-order chi connectivity index (χ1) is 15.5. The predicted molar refractivity (Wildman–Crippen MR) is 138 cm³/mol. The van der Waals surface area contributed by atoms with Crippen LogP contribution < -0.4 is 0 Å². The van der Waals surface area contributed by atoms with Crippen LogP contribution in [0.5, 0.6) is 0 Å². The molecule has 33 heavy (non-hydrogen) atoms. The summed E-state index contributed by atoms with van der Waals surface area (Å²) >= 11 is 5.60. The van der Waals surface area contributed by atoms with Gasteiger partial charge in [-0.3, -0.25) is 4.18 Å². The Kier molecular flexibility index (Phi) is 7.90. The van der Waals surface area contributed by atoms with Crippen LogP contribution >= 0.6 is 11.6 Å². The SMILES string of the molecule is CC(C)CCC[C@@H](C)[C@H]1CC[C@H]2[C@@H]3CC[C@H]4C[C@H](OS(=O)(=O)CCl)CC[C@]4(C)[C@H]3CC[C@]12C. The van der Waals surface area contributed by atoms with Crippen LogP contribution in [0.15, 0.2) is 0 Å². The molecule has 192 valence electrons. The van der Waals surface area contributed by atoms with E-state index < -0.39 is 15.3 Å². The molecule has 0 aliphatic heterocycles. The topological polar surface area (TPSA) is 43.4 Å². The minimum atomic E-state index is -3.58. The van der Waals surface area contributed by atoms with Gasteiger partial charge in [-0.05, 0) is 110 Å². The second kappa shape index (κ2) is 9.92. The molecule has 0 aromatic heterocycles. The van der Waals surface area contributed by atoms with Crippen LogP contribution in [0.1, 0.15) is 112 Å². The third kappa shape index (κ3) is 5.06. The zero-order valence-corrected chi connectivity index (χ0v) is 23.4. The van der Waals surface area contributed by atoms with Crippen molar-refractivity contribution in [2.75, 3.05) is 5.21 Å². The third-order valence-corrected chi connectivity index (χ3v) is 12.9. The highest BCUT2D eigenvalue weighted by Crippen LogP contribution is 2.68. The van der Waals surface area contributed by atoms with Gasteiger partial charge < -0.3 is 0 Å². The normalized spacial score (nSPS) is 44.2. The van der Waals surface area contributed by atoms with E-state index in [1.165, 1.54) is 57.8 Å². The van der Waals surface area contributed by atoms with Crippen molar-refractivity contribution >= 4 is 21.7 Å². The zero-order valence-electron chi connectivity index (χ0n) is 21.8. The summed E-state index contributed by atoms with van der Waals surface area (Å²) < 4.78 is 29.3. The van der Waals surface area contributed by atoms with Gasteiger partial charge in [0.15, 0.2) is 0 Å². The van der Waals surface area contributed by atoms with Crippen molar-refractivity contribution in [3.8, 4) is 0 Å². The van der Waals surface area contributed by atoms with E-state index in [-0.39, 0.29) is 6.10 Å². The molecular formula is C28H49ClO3S. The molecule has 5 heteroatoms. The highest BCUT2D eigenvalue weighted by atomic mass is 35.5. The second-order valence-corrected chi connectivity index (χ2v) is 15.5. The average molecular weight is 501 g/mol. The molecule has 0 bridgehead atoms. The van der Waals surface area contributed by atoms with Gasteiger partial charge in [0.25, 0.3) is 10.1 Å². The quantitative estimate of drug-likeness (QED) is 0.250. The van der Waals surface area contributed by atoms with Gasteiger partial charge in [0.05, 0.1) is 6.10 Å². The Bertz CT molecular complexity index is 782. The lowest BCUT2D eigenvalue weighted by Gasteiger charge is -2.61. The first-order valence-corrected chi connectivity index (χ1v) is 16.1. The molecule has 0 saturated heterocycles. The summed E-state index contributed by atoms with van der Waals surface area (Å²) in [6.07, 6.45) is 15.1. The van der Waals surface area contributed by atoms with Crippen molar-refractivity contribution in [2.45, 2.75) is 118 Å². The Labute approximate surface area is 209 Å². The monoisotopic (exact) mass is 500 g/mol. The largest absolute Gasteiger partial charge is 0.281 e. The maximum absolute atomic E-state index is 11.9. The number of hydrogen-bond acceptors (Lipinski definition) is 3. The maximum atomic E-state index is 11.9. The van der Waals surface area contributed by atoms with Gasteiger partial charge >= 0.3 is 0 Å². The highest BCUT2D eigenvalue weighted by Gasteiger charge is 2.60. The summed E-state index contributed by atoms with van der Waals surface area (Å²) in [7, 11) is -3.58. The minimum Gasteiger partial charge on any atom is -0.266 e. The summed E-state index contributed by atoms with van der Waals surface area (Å²) in [5.41, 5.74) is 0.895. The lowest BCUT2D eigenvalue weighted by Crippen LogP contribution is -2.54. The Morgan fingerprint density at radius 1 is 0.909 bits per heavy atom. The van der Waals surface area contributed by atoms with E-state index in [9.17, 15) is 8.42 Å². The van der Waals surface area contributed by atoms with Gasteiger partial charge in [-0.2, -0.15) is 8.42 Å². The number of halogens is 1. The molecule has 0 heterocycles. The van der Waals surface area contributed by atoms with Crippen molar-refractivity contribution < 1.29 is 12.6 Å². The molecule has 4 aliphatic rings. The van der Waals surface area contributed by atoms with Gasteiger partial charge in [0.1, 0.15) is 5.21 Å². The predicted octanol–water partition coefficient (Wildman–Crippen LogP) is 8.02. The summed E-state index contributed by atoms with van der Waals surface area (Å²) in [5.74, 6) is 5.78. The number of fused-ring (bicyclic) bond motifs is 5. The molecule has 4 rings (SSSR count). The first-order valence-electron chi connectivity index (χ1n) is 14.0. The van der Waals surface area contributed by atoms with E-state index in [1.807, 2.05) is 0 Å². The Balaban J connectivity index is 1.42. The maximum Gasteiger partial charge on any atom is 0.281 e. The number of hydrogen-bond donors (Lipinski definition) is 0. The molecule has 0 radical (unpaired) electrons. The Morgan fingerprint density at radius 2 is 1.61 bits per heavy atom. The standard InChI is InChI=1S/C28H49ClO3S/c1-19(2)7-6-8-20(3)24-11-12-25-23-10-9-21-17-22(32-33(30,31)18-29)13-15-27(21,4)26(23)14-16-28(24,25)5/h19-26H,6-18H2,1-5H3/t20-,21+,22-,23+,24-,25+,26+,27+,28-/m1/s1. The van der Waals surface area contributed by atoms with Crippen molar-refractivity contribution in [1.29, 1.82) is 0 Å². The fourth-order valence-corrected chi connectivity index (χ4v) is 10.4. The van der Waals surface area contributed by atoms with Crippen LogP contribution in [0.4, 0.5) is 0 Å². The summed E-state index contributed by atoms with van der Waals surface area (Å²) in [5, 5.41) is -0.437. The van der Waals surface area contributed by atoms with Crippen LogP contribution in [0, 0.1) is 52.3 Å². The molecule has 3 nitrogen and oxygen atoms in total. The van der Waals surface area contributed by atoms with E-state index in [1.54, 1.807) is 0 Å². The van der Waals surface area contributed by atoms with E-state index in [0.29, 0.717) is 16.7 Å². The Morgan fingerprint density at radius 3 is 2.30 bits per heavy atom. The lowest BCUT2D eigenvalue weighted by molar-refractivity contribution is -0.126. The summed E-state index contributed by atoms with van der Waals surface area (Å²) in [6, 6.07) is 0. The van der Waals surface area contributed by atoms with E-state index >= 15 is 0 Å². The second-order valence-electron chi connectivity index (χ2n) is 13.3. The molecular weight excluding hydrogens is 452 g/mol. The number of alkyl halides is 1. The van der Waals surface area contributed by atoms with Gasteiger partial charge in [0.2, 0.25) is 0 Å². The molecule has 4 fully saturated rings. The lowest BCUT2D eigenvalue weighted by atomic mass is 9.44. The summed E-state index contributed by atoms with van der Waals surface area (Å²) in [6.45, 7) is 12.5. The van der Waals surface area contributed by atoms with E-state index in [2.05, 4.69) is 34.6 Å². The fraction of sp³-hybridized carbons (Fsp3) is 1.00. The van der Waals surface area contributed by atoms with Crippen LogP contribution in [0.3, 0.4) is 0 Å². The molecule has 4 aliphatic carbocycles. The molecule has 0 amide bonds. The summed E-state index contributed by atoms with van der Waals surface area (Å²) in [4.78, 5) is 0. The molecule has 4 saturated carbocycles. The highest BCUT2D eigenvalue weighted by molar-refractivity contribution is 7.87. The fourth-order valence-electron chi connectivity index (χ4n) is 9.56. The van der Waals surface area contributed by atoms with Gasteiger partial charge in [-0.1, -0.05) is 53.9 Å². The number of rotatable bonds is 8. The van der Waals surface area contributed by atoms with Gasteiger partial charge in [-0.25, -0.2) is 0 Å².